The number of aryl methyl sites for hydroxylation is 1. The van der Waals surface area contributed by atoms with E-state index < -0.39 is 5.82 Å². The van der Waals surface area contributed by atoms with Crippen molar-refractivity contribution in [2.24, 2.45) is 0 Å². The van der Waals surface area contributed by atoms with Gasteiger partial charge in [-0.1, -0.05) is 29.8 Å². The minimum atomic E-state index is -0.404. The van der Waals surface area contributed by atoms with E-state index in [4.69, 9.17) is 0 Å². The third-order valence-corrected chi connectivity index (χ3v) is 3.25. The van der Waals surface area contributed by atoms with Gasteiger partial charge in [-0.25, -0.2) is 4.39 Å². The van der Waals surface area contributed by atoms with Crippen molar-refractivity contribution < 1.29 is 9.18 Å². The fraction of sp³-hybridized carbons (Fsp3) is 0.0588. The normalized spacial score (nSPS) is 10.6. The standard InChI is InChI=1S/C17H13FN2O/c1-11-4-2-5-12(10-11)17(21)20-15-8-9-19-16-13(15)6-3-7-14(16)18/h2-10H,1H3,(H,19,20,21). The molecule has 3 nitrogen and oxygen atoms in total. The third kappa shape index (κ3) is 2.60. The number of hydrogen-bond acceptors (Lipinski definition) is 2. The maximum atomic E-state index is 13.7. The van der Waals surface area contributed by atoms with Crippen LogP contribution < -0.4 is 5.32 Å². The summed E-state index contributed by atoms with van der Waals surface area (Å²) < 4.78 is 13.7. The summed E-state index contributed by atoms with van der Waals surface area (Å²) in [5.74, 6) is -0.630. The zero-order valence-corrected chi connectivity index (χ0v) is 11.4. The van der Waals surface area contributed by atoms with Gasteiger partial charge in [0.25, 0.3) is 5.91 Å². The zero-order valence-electron chi connectivity index (χ0n) is 11.4. The maximum Gasteiger partial charge on any atom is 0.255 e. The Bertz CT molecular complexity index is 830. The molecule has 0 radical (unpaired) electrons. The fourth-order valence-corrected chi connectivity index (χ4v) is 2.23. The number of aromatic nitrogens is 1. The van der Waals surface area contributed by atoms with Gasteiger partial charge in [0, 0.05) is 17.1 Å². The molecule has 0 unspecified atom stereocenters. The lowest BCUT2D eigenvalue weighted by atomic mass is 10.1. The molecule has 0 saturated heterocycles. The first-order valence-electron chi connectivity index (χ1n) is 6.56. The number of anilines is 1. The van der Waals surface area contributed by atoms with Crippen LogP contribution in [0.2, 0.25) is 0 Å². The molecule has 3 rings (SSSR count). The van der Waals surface area contributed by atoms with Crippen LogP contribution in [-0.4, -0.2) is 10.9 Å². The molecule has 0 fully saturated rings. The molecule has 1 N–H and O–H groups in total. The first kappa shape index (κ1) is 13.2. The lowest BCUT2D eigenvalue weighted by Gasteiger charge is -2.09. The topological polar surface area (TPSA) is 42.0 Å². The Balaban J connectivity index is 1.99. The number of pyridine rings is 1. The van der Waals surface area contributed by atoms with Crippen LogP contribution in [0.4, 0.5) is 10.1 Å². The number of amides is 1. The van der Waals surface area contributed by atoms with E-state index in [2.05, 4.69) is 10.3 Å². The highest BCUT2D eigenvalue weighted by Crippen LogP contribution is 2.23. The summed E-state index contributed by atoms with van der Waals surface area (Å²) in [6.45, 7) is 1.92. The second-order valence-corrected chi connectivity index (χ2v) is 4.82. The van der Waals surface area contributed by atoms with Crippen LogP contribution in [0.15, 0.2) is 54.7 Å². The van der Waals surface area contributed by atoms with Gasteiger partial charge in [-0.15, -0.1) is 0 Å². The van der Waals surface area contributed by atoms with Crippen LogP contribution in [0.25, 0.3) is 10.9 Å². The maximum absolute atomic E-state index is 13.7. The Morgan fingerprint density at radius 2 is 1.95 bits per heavy atom. The van der Waals surface area contributed by atoms with Crippen LogP contribution in [0.5, 0.6) is 0 Å². The third-order valence-electron chi connectivity index (χ3n) is 3.25. The minimum Gasteiger partial charge on any atom is -0.321 e. The first-order chi connectivity index (χ1) is 10.1. The van der Waals surface area contributed by atoms with Gasteiger partial charge in [0.05, 0.1) is 5.69 Å². The molecule has 3 aromatic rings. The number of benzene rings is 2. The van der Waals surface area contributed by atoms with Crippen molar-refractivity contribution in [3.8, 4) is 0 Å². The van der Waals surface area contributed by atoms with Gasteiger partial charge in [0.2, 0.25) is 0 Å². The van der Waals surface area contributed by atoms with Crippen molar-refractivity contribution in [2.45, 2.75) is 6.92 Å². The average Bonchev–Trinajstić information content (AvgIpc) is 2.48. The lowest BCUT2D eigenvalue weighted by Crippen LogP contribution is -2.12. The van der Waals surface area contributed by atoms with Crippen LogP contribution in [0.1, 0.15) is 15.9 Å². The highest BCUT2D eigenvalue weighted by Gasteiger charge is 2.10. The summed E-state index contributed by atoms with van der Waals surface area (Å²) in [5, 5.41) is 3.39. The molecule has 0 bridgehead atoms. The van der Waals surface area contributed by atoms with Crippen molar-refractivity contribution >= 4 is 22.5 Å². The molecule has 0 aliphatic rings. The highest BCUT2D eigenvalue weighted by atomic mass is 19.1. The molecule has 0 aliphatic carbocycles. The van der Waals surface area contributed by atoms with E-state index in [-0.39, 0.29) is 11.4 Å². The van der Waals surface area contributed by atoms with Crippen LogP contribution in [-0.2, 0) is 0 Å². The molecule has 4 heteroatoms. The molecule has 0 saturated carbocycles. The SMILES string of the molecule is Cc1cccc(C(=O)Nc2ccnc3c(F)cccc23)c1. The van der Waals surface area contributed by atoms with E-state index in [0.29, 0.717) is 16.6 Å². The van der Waals surface area contributed by atoms with Gasteiger partial charge in [-0.2, -0.15) is 0 Å². The van der Waals surface area contributed by atoms with Crippen LogP contribution >= 0.6 is 0 Å². The van der Waals surface area contributed by atoms with Gasteiger partial charge in [0.1, 0.15) is 11.3 Å². The number of rotatable bonds is 2. The molecule has 2 aromatic carbocycles. The quantitative estimate of drug-likeness (QED) is 0.772. The number of carbonyl (C=O) groups is 1. The second-order valence-electron chi connectivity index (χ2n) is 4.82. The molecular weight excluding hydrogens is 267 g/mol. The van der Waals surface area contributed by atoms with Crippen molar-refractivity contribution in [3.63, 3.8) is 0 Å². The number of para-hydroxylation sites is 1. The first-order valence-corrected chi connectivity index (χ1v) is 6.56. The van der Waals surface area contributed by atoms with Gasteiger partial charge in [-0.05, 0) is 31.2 Å². The average molecular weight is 280 g/mol. The van der Waals surface area contributed by atoms with Gasteiger partial charge in [0.15, 0.2) is 0 Å². The Kier molecular flexibility index (Phi) is 3.36. The molecule has 1 heterocycles. The van der Waals surface area contributed by atoms with Crippen molar-refractivity contribution in [1.82, 2.24) is 4.98 Å². The number of nitrogens with one attached hydrogen (secondary N) is 1. The van der Waals surface area contributed by atoms with Crippen molar-refractivity contribution in [1.29, 1.82) is 0 Å². The zero-order chi connectivity index (χ0) is 14.8. The molecular formula is C17H13FN2O. The molecule has 0 atom stereocenters. The summed E-state index contributed by atoms with van der Waals surface area (Å²) in [6.07, 6.45) is 1.48. The van der Waals surface area contributed by atoms with Crippen molar-refractivity contribution in [3.05, 3.63) is 71.7 Å². The van der Waals surface area contributed by atoms with E-state index in [1.54, 1.807) is 30.3 Å². The molecule has 1 aromatic heterocycles. The fourth-order valence-electron chi connectivity index (χ4n) is 2.23. The Morgan fingerprint density at radius 1 is 1.14 bits per heavy atom. The van der Waals surface area contributed by atoms with Gasteiger partial charge >= 0.3 is 0 Å². The monoisotopic (exact) mass is 280 g/mol. The van der Waals surface area contributed by atoms with E-state index in [1.165, 1.54) is 12.3 Å². The second kappa shape index (κ2) is 5.32. The van der Waals surface area contributed by atoms with E-state index in [1.807, 2.05) is 19.1 Å². The van der Waals surface area contributed by atoms with E-state index in [0.717, 1.165) is 5.56 Å². The molecule has 0 spiro atoms. The molecule has 21 heavy (non-hydrogen) atoms. The Morgan fingerprint density at radius 3 is 2.76 bits per heavy atom. The predicted octanol–water partition coefficient (Wildman–Crippen LogP) is 3.93. The number of fused-ring (bicyclic) bond motifs is 1. The smallest absolute Gasteiger partial charge is 0.255 e. The Hall–Kier alpha value is -2.75. The van der Waals surface area contributed by atoms with Gasteiger partial charge < -0.3 is 5.32 Å². The largest absolute Gasteiger partial charge is 0.321 e. The number of carbonyl (C=O) groups excluding carboxylic acids is 1. The summed E-state index contributed by atoms with van der Waals surface area (Å²) in [7, 11) is 0. The van der Waals surface area contributed by atoms with Crippen LogP contribution in [0, 0.1) is 12.7 Å². The molecule has 104 valence electrons. The van der Waals surface area contributed by atoms with E-state index >= 15 is 0 Å². The predicted molar refractivity (Wildman–Crippen MR) is 80.8 cm³/mol. The number of halogens is 1. The number of hydrogen-bond donors (Lipinski definition) is 1. The molecule has 0 aliphatic heterocycles. The summed E-state index contributed by atoms with van der Waals surface area (Å²) in [5.41, 5.74) is 2.37. The lowest BCUT2D eigenvalue weighted by molar-refractivity contribution is 0.102. The van der Waals surface area contributed by atoms with Crippen molar-refractivity contribution in [2.75, 3.05) is 5.32 Å². The summed E-state index contributed by atoms with van der Waals surface area (Å²) in [4.78, 5) is 16.3. The molecule has 1 amide bonds. The summed E-state index contributed by atoms with van der Waals surface area (Å²) >= 11 is 0. The minimum absolute atomic E-state index is 0.226. The number of nitrogens with zero attached hydrogens (tertiary/aromatic N) is 1. The van der Waals surface area contributed by atoms with Crippen LogP contribution in [0.3, 0.4) is 0 Å². The summed E-state index contributed by atoms with van der Waals surface area (Å²) in [6, 6.07) is 13.6. The Labute approximate surface area is 121 Å². The highest BCUT2D eigenvalue weighted by molar-refractivity contribution is 6.08. The van der Waals surface area contributed by atoms with Gasteiger partial charge in [-0.3, -0.25) is 9.78 Å². The van der Waals surface area contributed by atoms with E-state index in [9.17, 15) is 9.18 Å².